The fourth-order valence-electron chi connectivity index (χ4n) is 2.59. The predicted octanol–water partition coefficient (Wildman–Crippen LogP) is 4.48. The molecule has 1 unspecified atom stereocenters. The third-order valence-electron chi connectivity index (χ3n) is 3.84. The summed E-state index contributed by atoms with van der Waals surface area (Å²) in [5.41, 5.74) is 6.49. The number of hydrogen-bond acceptors (Lipinski definition) is 6. The summed E-state index contributed by atoms with van der Waals surface area (Å²) >= 11 is 1.43. The van der Waals surface area contributed by atoms with Crippen molar-refractivity contribution in [3.05, 3.63) is 65.0 Å². The van der Waals surface area contributed by atoms with Crippen molar-refractivity contribution in [1.29, 1.82) is 5.41 Å². The van der Waals surface area contributed by atoms with Crippen LogP contribution in [0, 0.1) is 5.41 Å². The fourth-order valence-corrected chi connectivity index (χ4v) is 3.53. The lowest BCUT2D eigenvalue weighted by atomic mass is 10.1. The highest BCUT2D eigenvalue weighted by molar-refractivity contribution is 7.20. The maximum atomic E-state index is 11.6. The van der Waals surface area contributed by atoms with Gasteiger partial charge in [0.25, 0.3) is 0 Å². The molecule has 0 radical (unpaired) electrons. The number of ether oxygens (including phenoxy) is 3. The zero-order valence-corrected chi connectivity index (χ0v) is 15.6. The highest BCUT2D eigenvalue weighted by atomic mass is 32.1. The molecule has 27 heavy (non-hydrogen) atoms. The van der Waals surface area contributed by atoms with E-state index in [1.165, 1.54) is 11.3 Å². The summed E-state index contributed by atoms with van der Waals surface area (Å²) in [5, 5.41) is 8.51. The first-order valence-corrected chi connectivity index (χ1v) is 9.28. The highest BCUT2D eigenvalue weighted by Crippen LogP contribution is 2.35. The van der Waals surface area contributed by atoms with E-state index in [0.29, 0.717) is 10.6 Å². The van der Waals surface area contributed by atoms with Crippen molar-refractivity contribution in [2.75, 3.05) is 13.2 Å². The third-order valence-corrected chi connectivity index (χ3v) is 4.98. The largest absolute Gasteiger partial charge is 0.508 e. The number of nitrogens with one attached hydrogen (secondary N) is 1. The number of nitrogen functional groups attached to an aromatic ring is 1. The maximum Gasteiger partial charge on any atom is 0.508 e. The van der Waals surface area contributed by atoms with Gasteiger partial charge in [0.15, 0.2) is 6.10 Å². The van der Waals surface area contributed by atoms with Crippen molar-refractivity contribution in [2.24, 2.45) is 5.73 Å². The average molecular weight is 384 g/mol. The minimum Gasteiger partial charge on any atom is -0.481 e. The van der Waals surface area contributed by atoms with E-state index in [4.69, 9.17) is 25.4 Å². The molecule has 7 heteroatoms. The summed E-state index contributed by atoms with van der Waals surface area (Å²) in [4.78, 5) is 12.3. The number of amidine groups is 1. The number of thiophene rings is 1. The summed E-state index contributed by atoms with van der Waals surface area (Å²) in [6.07, 6.45) is -1.23. The van der Waals surface area contributed by atoms with Crippen LogP contribution in [0.4, 0.5) is 4.79 Å². The number of carbonyl (C=O) groups excluding carboxylic acids is 1. The van der Waals surface area contributed by atoms with Crippen LogP contribution >= 0.6 is 11.3 Å². The molecule has 0 spiro atoms. The third kappa shape index (κ3) is 4.57. The number of fused-ring (bicyclic) bond motifs is 1. The quantitative estimate of drug-likeness (QED) is 0.356. The van der Waals surface area contributed by atoms with Crippen LogP contribution in [0.25, 0.3) is 10.1 Å². The standard InChI is InChI=1S/C20H20N2O4S/c1-2-24-20(23)25-12-16(13-7-4-3-5-8-13)26-15-9-6-10-17-14(15)11-18(27-17)19(21)22/h3-11,16H,2,12H2,1H3,(H3,21,22). The summed E-state index contributed by atoms with van der Waals surface area (Å²) < 4.78 is 17.2. The lowest BCUT2D eigenvalue weighted by molar-refractivity contribution is 0.0283. The molecule has 2 aromatic carbocycles. The molecule has 6 nitrogen and oxygen atoms in total. The first-order valence-electron chi connectivity index (χ1n) is 8.46. The molecule has 140 valence electrons. The van der Waals surface area contributed by atoms with Gasteiger partial charge < -0.3 is 19.9 Å². The van der Waals surface area contributed by atoms with E-state index in [-0.39, 0.29) is 19.0 Å². The average Bonchev–Trinajstić information content (AvgIpc) is 3.11. The summed E-state index contributed by atoms with van der Waals surface area (Å²) in [6.45, 7) is 1.98. The summed E-state index contributed by atoms with van der Waals surface area (Å²) in [7, 11) is 0. The maximum absolute atomic E-state index is 11.6. The Hall–Kier alpha value is -3.06. The molecule has 0 aliphatic rings. The van der Waals surface area contributed by atoms with Gasteiger partial charge in [-0.2, -0.15) is 0 Å². The minimum atomic E-state index is -0.727. The van der Waals surface area contributed by atoms with Gasteiger partial charge in [-0.05, 0) is 30.7 Å². The second-order valence-electron chi connectivity index (χ2n) is 5.70. The van der Waals surface area contributed by atoms with Crippen LogP contribution in [-0.2, 0) is 9.47 Å². The lowest BCUT2D eigenvalue weighted by Gasteiger charge is -2.20. The Morgan fingerprint density at radius 2 is 1.93 bits per heavy atom. The second-order valence-corrected chi connectivity index (χ2v) is 6.79. The van der Waals surface area contributed by atoms with Crippen LogP contribution < -0.4 is 10.5 Å². The highest BCUT2D eigenvalue weighted by Gasteiger charge is 2.19. The van der Waals surface area contributed by atoms with Crippen LogP contribution in [-0.4, -0.2) is 25.2 Å². The van der Waals surface area contributed by atoms with Gasteiger partial charge in [-0.15, -0.1) is 11.3 Å². The van der Waals surface area contributed by atoms with E-state index in [0.717, 1.165) is 15.6 Å². The molecule has 1 heterocycles. The summed E-state index contributed by atoms with van der Waals surface area (Å²) in [5.74, 6) is 0.657. The molecule has 0 saturated carbocycles. The minimum absolute atomic E-state index is 0.0168. The Morgan fingerprint density at radius 1 is 1.15 bits per heavy atom. The number of hydrogen-bond donors (Lipinski definition) is 2. The molecule has 0 aliphatic heterocycles. The molecule has 3 N–H and O–H groups in total. The van der Waals surface area contributed by atoms with Gasteiger partial charge in [0.05, 0.1) is 11.5 Å². The first kappa shape index (κ1) is 18.7. The van der Waals surface area contributed by atoms with Crippen molar-refractivity contribution in [1.82, 2.24) is 0 Å². The van der Waals surface area contributed by atoms with Gasteiger partial charge in [0.2, 0.25) is 0 Å². The zero-order chi connectivity index (χ0) is 19.2. The van der Waals surface area contributed by atoms with Crippen molar-refractivity contribution >= 4 is 33.4 Å². The van der Waals surface area contributed by atoms with Gasteiger partial charge in [0, 0.05) is 10.1 Å². The van der Waals surface area contributed by atoms with Gasteiger partial charge in [-0.25, -0.2) is 4.79 Å². The van der Waals surface area contributed by atoms with Crippen molar-refractivity contribution in [2.45, 2.75) is 13.0 Å². The smallest absolute Gasteiger partial charge is 0.481 e. The van der Waals surface area contributed by atoms with Crippen molar-refractivity contribution in [3.63, 3.8) is 0 Å². The Kier molecular flexibility index (Phi) is 5.93. The molecule has 0 aliphatic carbocycles. The van der Waals surface area contributed by atoms with Crippen molar-refractivity contribution < 1.29 is 19.0 Å². The van der Waals surface area contributed by atoms with E-state index in [1.807, 2.05) is 54.6 Å². The van der Waals surface area contributed by atoms with E-state index in [9.17, 15) is 4.79 Å². The molecular weight excluding hydrogens is 364 g/mol. The van der Waals surface area contributed by atoms with Crippen molar-refractivity contribution in [3.8, 4) is 5.75 Å². The molecular formula is C20H20N2O4S. The Morgan fingerprint density at radius 3 is 2.63 bits per heavy atom. The number of benzene rings is 2. The van der Waals surface area contributed by atoms with E-state index < -0.39 is 12.3 Å². The van der Waals surface area contributed by atoms with E-state index >= 15 is 0 Å². The second kappa shape index (κ2) is 8.55. The normalized spacial score (nSPS) is 11.7. The zero-order valence-electron chi connectivity index (χ0n) is 14.8. The fraction of sp³-hybridized carbons (Fsp3) is 0.200. The van der Waals surface area contributed by atoms with Gasteiger partial charge in [0.1, 0.15) is 18.2 Å². The van der Waals surface area contributed by atoms with Gasteiger partial charge >= 0.3 is 6.16 Å². The molecule has 3 rings (SSSR count). The Bertz CT molecular complexity index is 940. The molecule has 0 saturated heterocycles. The van der Waals surface area contributed by atoms with Crippen LogP contribution in [0.5, 0.6) is 5.75 Å². The molecule has 3 aromatic rings. The molecule has 1 aromatic heterocycles. The van der Waals surface area contributed by atoms with Gasteiger partial charge in [-0.1, -0.05) is 36.4 Å². The molecule has 0 bridgehead atoms. The van der Waals surface area contributed by atoms with Crippen LogP contribution in [0.3, 0.4) is 0 Å². The van der Waals surface area contributed by atoms with E-state index in [2.05, 4.69) is 0 Å². The predicted molar refractivity (Wildman–Crippen MR) is 106 cm³/mol. The monoisotopic (exact) mass is 384 g/mol. The topological polar surface area (TPSA) is 94.6 Å². The number of rotatable bonds is 7. The lowest BCUT2D eigenvalue weighted by Crippen LogP contribution is -2.18. The Labute approximate surface area is 161 Å². The molecule has 0 amide bonds. The first-order chi connectivity index (χ1) is 13.1. The SMILES string of the molecule is CCOC(=O)OCC(Oc1cccc2sc(C(=N)N)cc12)c1ccccc1. The van der Waals surface area contributed by atoms with Gasteiger partial charge in [-0.3, -0.25) is 5.41 Å². The number of nitrogens with two attached hydrogens (primary N) is 1. The summed E-state index contributed by atoms with van der Waals surface area (Å²) in [6, 6.07) is 17.0. The Balaban J connectivity index is 1.88. The van der Waals surface area contributed by atoms with Crippen LogP contribution in [0.15, 0.2) is 54.6 Å². The molecule has 1 atom stereocenters. The van der Waals surface area contributed by atoms with E-state index in [1.54, 1.807) is 6.92 Å². The molecule has 0 fully saturated rings. The number of carbonyl (C=O) groups is 1. The van der Waals surface area contributed by atoms with Crippen LogP contribution in [0.2, 0.25) is 0 Å². The van der Waals surface area contributed by atoms with Crippen LogP contribution in [0.1, 0.15) is 23.5 Å².